The number of aliphatic hydroxyl groups is 4. The largest absolute Gasteiger partial charge is 0.395 e. The molecule has 4 N–H and O–H groups in total. The van der Waals surface area contributed by atoms with Gasteiger partial charge in [-0.25, -0.2) is 0 Å². The minimum Gasteiger partial charge on any atom is -0.395 e. The summed E-state index contributed by atoms with van der Waals surface area (Å²) in [5.41, 5.74) is 3.51. The highest BCUT2D eigenvalue weighted by atomic mass is 16.3. The number of aryl methyl sites for hydroxylation is 6. The Bertz CT molecular complexity index is 722. The molecule has 0 unspecified atom stereocenters. The van der Waals surface area contributed by atoms with Crippen molar-refractivity contribution in [1.82, 2.24) is 0 Å². The summed E-state index contributed by atoms with van der Waals surface area (Å²) in [6.07, 6.45) is 0. The zero-order chi connectivity index (χ0) is 20.6. The van der Waals surface area contributed by atoms with E-state index >= 15 is 0 Å². The van der Waals surface area contributed by atoms with Crippen LogP contribution in [0.25, 0.3) is 0 Å². The van der Waals surface area contributed by atoms with Gasteiger partial charge in [-0.2, -0.15) is 0 Å². The van der Waals surface area contributed by atoms with E-state index in [0.29, 0.717) is 11.1 Å². The van der Waals surface area contributed by atoms with Crippen molar-refractivity contribution in [1.29, 1.82) is 0 Å². The summed E-state index contributed by atoms with van der Waals surface area (Å²) in [7, 11) is 0. The van der Waals surface area contributed by atoms with Crippen LogP contribution >= 0.6 is 0 Å². The first-order chi connectivity index (χ1) is 12.6. The van der Waals surface area contributed by atoms with Crippen molar-refractivity contribution in [2.45, 2.75) is 47.1 Å². The second-order valence-electron chi connectivity index (χ2n) is 8.01. The second kappa shape index (κ2) is 7.72. The molecule has 0 radical (unpaired) electrons. The highest BCUT2D eigenvalue weighted by molar-refractivity contribution is 5.54. The van der Waals surface area contributed by atoms with Gasteiger partial charge in [0.2, 0.25) is 0 Å². The van der Waals surface area contributed by atoms with E-state index in [4.69, 9.17) is 0 Å². The van der Waals surface area contributed by atoms with Gasteiger partial charge in [-0.3, -0.25) is 0 Å². The first-order valence-corrected chi connectivity index (χ1v) is 9.29. The molecular weight excluding hydrogens is 340 g/mol. The van der Waals surface area contributed by atoms with Crippen LogP contribution in [0.5, 0.6) is 0 Å². The van der Waals surface area contributed by atoms with Gasteiger partial charge >= 0.3 is 0 Å². The lowest BCUT2D eigenvalue weighted by Crippen LogP contribution is -2.55. The van der Waals surface area contributed by atoms with Crippen molar-refractivity contribution in [3.63, 3.8) is 0 Å². The molecule has 0 saturated carbocycles. The van der Waals surface area contributed by atoms with E-state index in [-0.39, 0.29) is 0 Å². The third-order valence-corrected chi connectivity index (χ3v) is 5.75. The summed E-state index contributed by atoms with van der Waals surface area (Å²) < 4.78 is 0. The van der Waals surface area contributed by atoms with E-state index in [2.05, 4.69) is 0 Å². The van der Waals surface area contributed by atoms with E-state index in [1.165, 1.54) is 0 Å². The highest BCUT2D eigenvalue weighted by Gasteiger charge is 2.54. The van der Waals surface area contributed by atoms with Crippen LogP contribution in [0.15, 0.2) is 24.3 Å². The van der Waals surface area contributed by atoms with Crippen LogP contribution in [0, 0.1) is 47.0 Å². The Morgan fingerprint density at radius 3 is 1.07 bits per heavy atom. The minimum absolute atomic E-state index is 0.560. The van der Waals surface area contributed by atoms with Gasteiger partial charge in [-0.1, -0.05) is 35.4 Å². The number of rotatable bonds is 6. The van der Waals surface area contributed by atoms with Crippen LogP contribution in [0.4, 0.5) is 0 Å². The summed E-state index contributed by atoms with van der Waals surface area (Å²) in [5, 5.41) is 43.0. The molecule has 4 nitrogen and oxygen atoms in total. The molecule has 0 amide bonds. The SMILES string of the molecule is Cc1cc(C)c(C(O)(c2c(C)cc(C)cc2C)C(CO)(CO)CO)c(C)c1. The fourth-order valence-corrected chi connectivity index (χ4v) is 4.65. The Morgan fingerprint density at radius 2 is 0.852 bits per heavy atom. The predicted octanol–water partition coefficient (Wildman–Crippen LogP) is 2.74. The maximum absolute atomic E-state index is 12.3. The molecule has 0 aliphatic carbocycles. The Labute approximate surface area is 162 Å². The van der Waals surface area contributed by atoms with Crippen molar-refractivity contribution >= 4 is 0 Å². The molecule has 0 bridgehead atoms. The summed E-state index contributed by atoms with van der Waals surface area (Å²) in [6, 6.07) is 7.90. The van der Waals surface area contributed by atoms with Crippen molar-refractivity contribution in [3.05, 3.63) is 68.8 Å². The van der Waals surface area contributed by atoms with E-state index in [9.17, 15) is 20.4 Å². The monoisotopic (exact) mass is 372 g/mol. The van der Waals surface area contributed by atoms with Crippen molar-refractivity contribution in [2.75, 3.05) is 19.8 Å². The summed E-state index contributed by atoms with van der Waals surface area (Å²) in [4.78, 5) is 0. The maximum Gasteiger partial charge on any atom is 0.128 e. The van der Waals surface area contributed by atoms with Crippen LogP contribution < -0.4 is 0 Å². The Morgan fingerprint density at radius 1 is 0.593 bits per heavy atom. The van der Waals surface area contributed by atoms with Gasteiger partial charge < -0.3 is 20.4 Å². The fraction of sp³-hybridized carbons (Fsp3) is 0.478. The average molecular weight is 373 g/mol. The number of hydrogen-bond donors (Lipinski definition) is 4. The zero-order valence-electron chi connectivity index (χ0n) is 17.2. The molecule has 4 heteroatoms. The quantitative estimate of drug-likeness (QED) is 0.629. The fourth-order valence-electron chi connectivity index (χ4n) is 4.65. The lowest BCUT2D eigenvalue weighted by Gasteiger charge is -2.47. The molecule has 2 aromatic rings. The third-order valence-electron chi connectivity index (χ3n) is 5.75. The molecule has 27 heavy (non-hydrogen) atoms. The molecule has 0 aromatic heterocycles. The van der Waals surface area contributed by atoms with E-state index < -0.39 is 30.8 Å². The van der Waals surface area contributed by atoms with E-state index in [1.54, 1.807) is 0 Å². The Balaban J connectivity index is 3.05. The lowest BCUT2D eigenvalue weighted by atomic mass is 9.62. The second-order valence-corrected chi connectivity index (χ2v) is 8.01. The van der Waals surface area contributed by atoms with Crippen LogP contribution in [-0.4, -0.2) is 40.2 Å². The molecule has 0 spiro atoms. The molecule has 0 fully saturated rings. The van der Waals surface area contributed by atoms with Gasteiger partial charge in [0.1, 0.15) is 5.60 Å². The molecule has 2 rings (SSSR count). The topological polar surface area (TPSA) is 80.9 Å². The number of aliphatic hydroxyl groups excluding tert-OH is 3. The molecular formula is C23H32O4. The van der Waals surface area contributed by atoms with Gasteiger partial charge in [-0.15, -0.1) is 0 Å². The Kier molecular flexibility index (Phi) is 6.17. The van der Waals surface area contributed by atoms with Gasteiger partial charge in [0.05, 0.1) is 25.2 Å². The van der Waals surface area contributed by atoms with Crippen LogP contribution in [0.3, 0.4) is 0 Å². The summed E-state index contributed by atoms with van der Waals surface area (Å²) in [5.74, 6) is 0. The molecule has 0 aliphatic heterocycles. The predicted molar refractivity (Wildman–Crippen MR) is 108 cm³/mol. The summed E-state index contributed by atoms with van der Waals surface area (Å²) >= 11 is 0. The molecule has 0 heterocycles. The van der Waals surface area contributed by atoms with E-state index in [1.807, 2.05) is 65.8 Å². The number of benzene rings is 2. The number of hydrogen-bond acceptors (Lipinski definition) is 4. The zero-order valence-corrected chi connectivity index (χ0v) is 17.2. The Hall–Kier alpha value is -1.72. The average Bonchev–Trinajstić information content (AvgIpc) is 2.54. The summed E-state index contributed by atoms with van der Waals surface area (Å²) in [6.45, 7) is 9.95. The van der Waals surface area contributed by atoms with Crippen LogP contribution in [0.2, 0.25) is 0 Å². The molecule has 0 atom stereocenters. The highest BCUT2D eigenvalue weighted by Crippen LogP contribution is 2.49. The lowest BCUT2D eigenvalue weighted by molar-refractivity contribution is -0.137. The third kappa shape index (κ3) is 3.32. The smallest absolute Gasteiger partial charge is 0.128 e. The normalized spacial score (nSPS) is 12.5. The van der Waals surface area contributed by atoms with Crippen LogP contribution in [-0.2, 0) is 5.60 Å². The minimum atomic E-state index is -1.75. The molecule has 148 valence electrons. The molecule has 0 aliphatic rings. The maximum atomic E-state index is 12.3. The molecule has 2 aromatic carbocycles. The molecule has 0 saturated heterocycles. The van der Waals surface area contributed by atoms with Gasteiger partial charge in [0.15, 0.2) is 0 Å². The van der Waals surface area contributed by atoms with Crippen molar-refractivity contribution < 1.29 is 20.4 Å². The standard InChI is InChI=1S/C23H32O4/c1-14-7-16(3)20(17(4)8-14)23(27,22(11-24,12-25)13-26)21-18(5)9-15(2)10-19(21)6/h7-10,24-27H,11-13H2,1-6H3. The van der Waals surface area contributed by atoms with Gasteiger partial charge in [-0.05, 0) is 74.9 Å². The van der Waals surface area contributed by atoms with Crippen molar-refractivity contribution in [3.8, 4) is 0 Å². The first kappa shape index (κ1) is 21.6. The van der Waals surface area contributed by atoms with Gasteiger partial charge in [0.25, 0.3) is 0 Å². The first-order valence-electron chi connectivity index (χ1n) is 9.29. The van der Waals surface area contributed by atoms with Crippen LogP contribution in [0.1, 0.15) is 44.5 Å². The van der Waals surface area contributed by atoms with E-state index in [0.717, 1.165) is 33.4 Å². The van der Waals surface area contributed by atoms with Gasteiger partial charge in [0, 0.05) is 0 Å². The van der Waals surface area contributed by atoms with Crippen molar-refractivity contribution in [2.24, 2.45) is 5.41 Å².